The zero-order chi connectivity index (χ0) is 24.3. The maximum atomic E-state index is 12.8. The number of nitrogens with zero attached hydrogens (tertiary/aromatic N) is 4. The van der Waals surface area contributed by atoms with Crippen LogP contribution in [0.4, 0.5) is 30.4 Å². The normalized spacial score (nSPS) is 15.8. The average Bonchev–Trinajstić information content (AvgIpc) is 2.78. The smallest absolute Gasteiger partial charge is 0.417 e. The van der Waals surface area contributed by atoms with E-state index in [2.05, 4.69) is 10.3 Å². The predicted molar refractivity (Wildman–Crippen MR) is 116 cm³/mol. The molecule has 9 nitrogen and oxygen atoms in total. The van der Waals surface area contributed by atoms with E-state index in [1.807, 2.05) is 4.90 Å². The lowest BCUT2D eigenvalue weighted by molar-refractivity contribution is -0.384. The van der Waals surface area contributed by atoms with E-state index in [1.54, 1.807) is 11.8 Å². The monoisotopic (exact) mass is 487 g/mol. The molecule has 2 heterocycles. The van der Waals surface area contributed by atoms with Crippen molar-refractivity contribution in [3.63, 3.8) is 0 Å². The Balaban J connectivity index is 1.63. The van der Waals surface area contributed by atoms with Crippen molar-refractivity contribution in [2.45, 2.75) is 19.1 Å². The van der Waals surface area contributed by atoms with Crippen LogP contribution >= 0.6 is 11.6 Å². The third-order valence-corrected chi connectivity index (χ3v) is 5.63. The Labute approximate surface area is 192 Å². The largest absolute Gasteiger partial charge is 0.496 e. The number of ether oxygens (including phenoxy) is 1. The molecule has 1 saturated heterocycles. The molecule has 1 aromatic heterocycles. The predicted octanol–water partition coefficient (Wildman–Crippen LogP) is 3.82. The molecule has 1 fully saturated rings. The average molecular weight is 488 g/mol. The molecule has 33 heavy (non-hydrogen) atoms. The molecule has 1 amide bonds. The number of piperazine rings is 1. The van der Waals surface area contributed by atoms with E-state index in [4.69, 9.17) is 16.3 Å². The molecule has 1 unspecified atom stereocenters. The van der Waals surface area contributed by atoms with Gasteiger partial charge in [-0.15, -0.1) is 0 Å². The van der Waals surface area contributed by atoms with Gasteiger partial charge in [0, 0.05) is 32.4 Å². The lowest BCUT2D eigenvalue weighted by Crippen LogP contribution is -2.53. The Morgan fingerprint density at radius 3 is 2.48 bits per heavy atom. The number of anilines is 2. The molecule has 3 rings (SSSR count). The molecular formula is C20H21ClF3N5O4. The van der Waals surface area contributed by atoms with Gasteiger partial charge >= 0.3 is 6.18 Å². The highest BCUT2D eigenvalue weighted by molar-refractivity contribution is 6.33. The van der Waals surface area contributed by atoms with Crippen molar-refractivity contribution in [3.8, 4) is 5.75 Å². The van der Waals surface area contributed by atoms with Gasteiger partial charge in [-0.1, -0.05) is 11.6 Å². The molecule has 178 valence electrons. The maximum Gasteiger partial charge on any atom is 0.417 e. The zero-order valence-electron chi connectivity index (χ0n) is 17.7. The number of carbonyl (C=O) groups is 1. The molecule has 0 radical (unpaired) electrons. The molecule has 1 atom stereocenters. The topological polar surface area (TPSA) is 101 Å². The first kappa shape index (κ1) is 24.5. The van der Waals surface area contributed by atoms with Crippen molar-refractivity contribution >= 4 is 34.7 Å². The van der Waals surface area contributed by atoms with Crippen LogP contribution in [0.1, 0.15) is 12.5 Å². The van der Waals surface area contributed by atoms with Gasteiger partial charge in [0.25, 0.3) is 5.69 Å². The fraction of sp³-hybridized carbons (Fsp3) is 0.400. The lowest BCUT2D eigenvalue weighted by atomic mass is 10.2. The van der Waals surface area contributed by atoms with Crippen LogP contribution in [0.25, 0.3) is 0 Å². The van der Waals surface area contributed by atoms with Gasteiger partial charge in [-0.25, -0.2) is 4.98 Å². The van der Waals surface area contributed by atoms with Crippen LogP contribution in [0.2, 0.25) is 5.02 Å². The number of carbonyl (C=O) groups excluding carboxylic acids is 1. The summed E-state index contributed by atoms with van der Waals surface area (Å²) in [6, 6.07) is 4.36. The number of methoxy groups -OCH3 is 1. The van der Waals surface area contributed by atoms with Crippen LogP contribution in [0.3, 0.4) is 0 Å². The summed E-state index contributed by atoms with van der Waals surface area (Å²) in [5.41, 5.74) is -1.16. The minimum absolute atomic E-state index is 0.0528. The molecule has 2 aromatic rings. The van der Waals surface area contributed by atoms with Crippen molar-refractivity contribution in [3.05, 3.63) is 51.2 Å². The van der Waals surface area contributed by atoms with Crippen LogP contribution in [-0.2, 0) is 11.0 Å². The number of nitrogens with one attached hydrogen (secondary N) is 1. The number of alkyl halides is 3. The highest BCUT2D eigenvalue weighted by atomic mass is 35.5. The summed E-state index contributed by atoms with van der Waals surface area (Å²) in [7, 11) is 1.38. The van der Waals surface area contributed by atoms with Crippen LogP contribution in [-0.4, -0.2) is 60.0 Å². The number of halogens is 4. The fourth-order valence-electron chi connectivity index (χ4n) is 3.44. The number of amides is 1. The zero-order valence-corrected chi connectivity index (χ0v) is 18.5. The van der Waals surface area contributed by atoms with Crippen molar-refractivity contribution in [1.82, 2.24) is 9.88 Å². The highest BCUT2D eigenvalue weighted by Crippen LogP contribution is 2.34. The van der Waals surface area contributed by atoms with E-state index < -0.39 is 28.6 Å². The van der Waals surface area contributed by atoms with Gasteiger partial charge in [0.2, 0.25) is 5.91 Å². The van der Waals surface area contributed by atoms with Crippen LogP contribution in [0.5, 0.6) is 5.75 Å². The van der Waals surface area contributed by atoms with Crippen LogP contribution in [0, 0.1) is 10.1 Å². The van der Waals surface area contributed by atoms with Crippen LogP contribution < -0.4 is 15.0 Å². The van der Waals surface area contributed by atoms with E-state index in [9.17, 15) is 28.1 Å². The number of rotatable bonds is 6. The first-order valence-corrected chi connectivity index (χ1v) is 10.2. The van der Waals surface area contributed by atoms with Crippen molar-refractivity contribution < 1.29 is 27.6 Å². The molecule has 0 bridgehead atoms. The van der Waals surface area contributed by atoms with E-state index in [0.29, 0.717) is 31.9 Å². The van der Waals surface area contributed by atoms with Gasteiger partial charge in [-0.3, -0.25) is 19.8 Å². The third kappa shape index (κ3) is 5.63. The fourth-order valence-corrected chi connectivity index (χ4v) is 3.72. The maximum absolute atomic E-state index is 12.8. The molecule has 0 saturated carbocycles. The molecule has 1 aromatic carbocycles. The van der Waals surface area contributed by atoms with E-state index in [0.717, 1.165) is 12.3 Å². The molecular weight excluding hydrogens is 467 g/mol. The molecule has 0 spiro atoms. The molecule has 1 N–H and O–H groups in total. The van der Waals surface area contributed by atoms with E-state index in [1.165, 1.54) is 25.3 Å². The van der Waals surface area contributed by atoms with E-state index in [-0.39, 0.29) is 22.2 Å². The number of benzene rings is 1. The Morgan fingerprint density at radius 2 is 1.94 bits per heavy atom. The van der Waals surface area contributed by atoms with Gasteiger partial charge in [0.15, 0.2) is 0 Å². The molecule has 1 aliphatic heterocycles. The number of hydrogen-bond donors (Lipinski definition) is 1. The number of aromatic nitrogens is 1. The molecule has 0 aliphatic carbocycles. The number of nitro groups is 1. The van der Waals surface area contributed by atoms with Gasteiger partial charge in [0.05, 0.1) is 34.7 Å². The molecule has 13 heteroatoms. The summed E-state index contributed by atoms with van der Waals surface area (Å²) >= 11 is 6.02. The minimum Gasteiger partial charge on any atom is -0.496 e. The Bertz CT molecular complexity index is 1040. The Morgan fingerprint density at radius 1 is 1.27 bits per heavy atom. The van der Waals surface area contributed by atoms with E-state index >= 15 is 0 Å². The minimum atomic E-state index is -4.53. The summed E-state index contributed by atoms with van der Waals surface area (Å²) in [4.78, 5) is 30.9. The Hall–Kier alpha value is -3.12. The molecule has 1 aliphatic rings. The highest BCUT2D eigenvalue weighted by Gasteiger charge is 2.33. The second kappa shape index (κ2) is 9.79. The Kier molecular flexibility index (Phi) is 7.28. The van der Waals surface area contributed by atoms with Gasteiger partial charge in [0.1, 0.15) is 17.3 Å². The summed E-state index contributed by atoms with van der Waals surface area (Å²) < 4.78 is 43.4. The summed E-state index contributed by atoms with van der Waals surface area (Å²) in [6.07, 6.45) is -3.79. The SMILES string of the molecule is COc1ccc(NC(=O)C(C)N2CCN(c3ncc(C(F)(F)F)cc3Cl)CC2)c([N+](=O)[O-])c1. The van der Waals surface area contributed by atoms with Gasteiger partial charge in [-0.05, 0) is 25.1 Å². The number of nitro benzene ring substituents is 1. The van der Waals surface area contributed by atoms with Crippen LogP contribution in [0.15, 0.2) is 30.5 Å². The first-order valence-electron chi connectivity index (χ1n) is 9.86. The standard InChI is InChI=1S/C20H21ClF3N5O4/c1-12(19(30)26-16-4-3-14(33-2)10-17(16)29(31)32)27-5-7-28(8-6-27)18-15(21)9-13(11-25-18)20(22,23)24/h3-4,9-12H,5-8H2,1-2H3,(H,26,30). The van der Waals surface area contributed by atoms with Crippen molar-refractivity contribution in [2.75, 3.05) is 43.5 Å². The number of pyridine rings is 1. The summed E-state index contributed by atoms with van der Waals surface area (Å²) in [5, 5.41) is 13.8. The first-order chi connectivity index (χ1) is 15.5. The lowest BCUT2D eigenvalue weighted by Gasteiger charge is -2.38. The number of hydrogen-bond acceptors (Lipinski definition) is 7. The summed E-state index contributed by atoms with van der Waals surface area (Å²) in [5.74, 6) is 0.108. The quantitative estimate of drug-likeness (QED) is 0.488. The van der Waals surface area contributed by atoms with Crippen molar-refractivity contribution in [2.24, 2.45) is 0 Å². The van der Waals surface area contributed by atoms with Gasteiger partial charge in [-0.2, -0.15) is 13.2 Å². The summed E-state index contributed by atoms with van der Waals surface area (Å²) in [6.45, 7) is 3.27. The van der Waals surface area contributed by atoms with Gasteiger partial charge < -0.3 is 15.0 Å². The third-order valence-electron chi connectivity index (χ3n) is 5.35. The van der Waals surface area contributed by atoms with Crippen molar-refractivity contribution in [1.29, 1.82) is 0 Å². The second-order valence-corrected chi connectivity index (χ2v) is 7.76. The second-order valence-electron chi connectivity index (χ2n) is 7.36.